The van der Waals surface area contributed by atoms with Gasteiger partial charge in [0.25, 0.3) is 0 Å². The number of ether oxygens (including phenoxy) is 1. The SMILES string of the molecule is CC(C)[C@@]12CC[C@@H](C)[C@@H](C1)c1ccc(O)cc1O2. The van der Waals surface area contributed by atoms with Crippen LogP contribution in [0, 0.1) is 11.8 Å². The van der Waals surface area contributed by atoms with Crippen LogP contribution in [0.15, 0.2) is 18.2 Å². The van der Waals surface area contributed by atoms with Crippen molar-refractivity contribution >= 4 is 0 Å². The van der Waals surface area contributed by atoms with E-state index >= 15 is 0 Å². The molecule has 0 radical (unpaired) electrons. The Morgan fingerprint density at radius 1 is 1.39 bits per heavy atom. The van der Waals surface area contributed by atoms with Crippen molar-refractivity contribution in [3.63, 3.8) is 0 Å². The Balaban J connectivity index is 2.09. The summed E-state index contributed by atoms with van der Waals surface area (Å²) in [4.78, 5) is 0. The molecule has 1 aromatic rings. The van der Waals surface area contributed by atoms with Gasteiger partial charge in [0.05, 0.1) is 0 Å². The first kappa shape index (κ1) is 11.9. The van der Waals surface area contributed by atoms with Crippen molar-refractivity contribution in [1.29, 1.82) is 0 Å². The molecule has 3 atom stereocenters. The molecule has 2 heteroatoms. The molecule has 0 unspecified atom stereocenters. The van der Waals surface area contributed by atoms with E-state index in [1.165, 1.54) is 12.0 Å². The predicted octanol–water partition coefficient (Wildman–Crippen LogP) is 4.08. The standard InChI is InChI=1S/C16H22O2/c1-10(2)16-7-6-11(3)14(9-16)13-5-4-12(17)8-15(13)18-16/h4-5,8,10-11,14,17H,6-7,9H2,1-3H3/t11-,14-,16-/m1/s1. The van der Waals surface area contributed by atoms with Crippen LogP contribution in [-0.4, -0.2) is 10.7 Å². The summed E-state index contributed by atoms with van der Waals surface area (Å²) in [6.07, 6.45) is 3.50. The minimum Gasteiger partial charge on any atom is -0.508 e. The van der Waals surface area contributed by atoms with Gasteiger partial charge in [0, 0.05) is 6.07 Å². The highest BCUT2D eigenvalue weighted by Crippen LogP contribution is 2.54. The first-order valence-electron chi connectivity index (χ1n) is 7.04. The van der Waals surface area contributed by atoms with E-state index in [-0.39, 0.29) is 5.60 Å². The van der Waals surface area contributed by atoms with Crippen molar-refractivity contribution < 1.29 is 9.84 Å². The number of hydrogen-bond donors (Lipinski definition) is 1. The first-order valence-corrected chi connectivity index (χ1v) is 7.04. The maximum absolute atomic E-state index is 9.66. The lowest BCUT2D eigenvalue weighted by Crippen LogP contribution is -2.49. The van der Waals surface area contributed by atoms with Gasteiger partial charge in [-0.2, -0.15) is 0 Å². The number of hydrogen-bond acceptors (Lipinski definition) is 2. The van der Waals surface area contributed by atoms with Gasteiger partial charge in [0.1, 0.15) is 17.1 Å². The Bertz CT molecular complexity index is 466. The fourth-order valence-corrected chi connectivity index (χ4v) is 3.64. The average Bonchev–Trinajstić information content (AvgIpc) is 2.33. The molecule has 1 saturated carbocycles. The topological polar surface area (TPSA) is 29.5 Å². The molecule has 1 heterocycles. The summed E-state index contributed by atoms with van der Waals surface area (Å²) in [6, 6.07) is 5.62. The van der Waals surface area contributed by atoms with E-state index in [2.05, 4.69) is 20.8 Å². The zero-order valence-corrected chi connectivity index (χ0v) is 11.4. The largest absolute Gasteiger partial charge is 0.508 e. The molecule has 1 N–H and O–H groups in total. The number of phenolic OH excluding ortho intramolecular Hbond substituents is 1. The van der Waals surface area contributed by atoms with E-state index in [9.17, 15) is 5.11 Å². The van der Waals surface area contributed by atoms with Gasteiger partial charge >= 0.3 is 0 Å². The molecule has 1 aliphatic carbocycles. The minimum atomic E-state index is -0.0159. The third kappa shape index (κ3) is 1.62. The van der Waals surface area contributed by atoms with Crippen LogP contribution < -0.4 is 4.74 Å². The van der Waals surface area contributed by atoms with Gasteiger partial charge < -0.3 is 9.84 Å². The zero-order valence-electron chi connectivity index (χ0n) is 11.4. The highest BCUT2D eigenvalue weighted by atomic mass is 16.5. The van der Waals surface area contributed by atoms with Crippen LogP contribution in [0.2, 0.25) is 0 Å². The van der Waals surface area contributed by atoms with Crippen molar-refractivity contribution in [3.05, 3.63) is 23.8 Å². The number of benzene rings is 1. The summed E-state index contributed by atoms with van der Waals surface area (Å²) >= 11 is 0. The molecule has 0 amide bonds. The Hall–Kier alpha value is -1.18. The molecule has 18 heavy (non-hydrogen) atoms. The van der Waals surface area contributed by atoms with E-state index in [0.29, 0.717) is 23.5 Å². The third-order valence-electron chi connectivity index (χ3n) is 5.04. The number of rotatable bonds is 1. The summed E-state index contributed by atoms with van der Waals surface area (Å²) < 4.78 is 6.32. The molecule has 0 aromatic heterocycles. The van der Waals surface area contributed by atoms with Gasteiger partial charge in [-0.05, 0) is 48.6 Å². The third-order valence-corrected chi connectivity index (χ3v) is 5.04. The van der Waals surface area contributed by atoms with Gasteiger partial charge in [-0.25, -0.2) is 0 Å². The Morgan fingerprint density at radius 3 is 2.89 bits per heavy atom. The number of aromatic hydroxyl groups is 1. The monoisotopic (exact) mass is 246 g/mol. The molecule has 98 valence electrons. The quantitative estimate of drug-likeness (QED) is 0.809. The molecule has 1 fully saturated rings. The molecule has 1 aromatic carbocycles. The average molecular weight is 246 g/mol. The normalized spacial score (nSPS) is 34.0. The van der Waals surface area contributed by atoms with Crippen LogP contribution in [-0.2, 0) is 0 Å². The molecule has 1 aliphatic heterocycles. The Kier molecular flexibility index (Phi) is 2.58. The molecular weight excluding hydrogens is 224 g/mol. The predicted molar refractivity (Wildman–Crippen MR) is 72.1 cm³/mol. The van der Waals surface area contributed by atoms with Crippen molar-refractivity contribution in [2.24, 2.45) is 11.8 Å². The maximum Gasteiger partial charge on any atom is 0.127 e. The van der Waals surface area contributed by atoms with E-state index in [0.717, 1.165) is 18.6 Å². The minimum absolute atomic E-state index is 0.0159. The molecule has 2 bridgehead atoms. The summed E-state index contributed by atoms with van der Waals surface area (Å²) in [6.45, 7) is 6.85. The van der Waals surface area contributed by atoms with Gasteiger partial charge in [0.2, 0.25) is 0 Å². The highest BCUT2D eigenvalue weighted by Gasteiger charge is 2.48. The second-order valence-electron chi connectivity index (χ2n) is 6.37. The first-order chi connectivity index (χ1) is 8.52. The van der Waals surface area contributed by atoms with E-state index in [1.807, 2.05) is 6.07 Å². The second kappa shape index (κ2) is 3.91. The van der Waals surface area contributed by atoms with E-state index in [4.69, 9.17) is 4.74 Å². The summed E-state index contributed by atoms with van der Waals surface area (Å²) in [5.41, 5.74) is 1.27. The summed E-state index contributed by atoms with van der Waals surface area (Å²) in [5.74, 6) is 3.03. The van der Waals surface area contributed by atoms with E-state index in [1.54, 1.807) is 12.1 Å². The molecule has 3 rings (SSSR count). The fraction of sp³-hybridized carbons (Fsp3) is 0.625. The second-order valence-corrected chi connectivity index (χ2v) is 6.37. The van der Waals surface area contributed by atoms with Gasteiger partial charge in [-0.15, -0.1) is 0 Å². The van der Waals surface area contributed by atoms with Gasteiger partial charge in [-0.1, -0.05) is 26.8 Å². The van der Waals surface area contributed by atoms with Crippen molar-refractivity contribution in [1.82, 2.24) is 0 Å². The summed E-state index contributed by atoms with van der Waals surface area (Å²) in [5, 5.41) is 9.66. The van der Waals surface area contributed by atoms with Gasteiger partial charge in [-0.3, -0.25) is 0 Å². The number of phenols is 1. The lowest BCUT2D eigenvalue weighted by atomic mass is 9.64. The van der Waals surface area contributed by atoms with Crippen molar-refractivity contribution in [2.75, 3.05) is 0 Å². The van der Waals surface area contributed by atoms with Crippen LogP contribution in [0.4, 0.5) is 0 Å². The smallest absolute Gasteiger partial charge is 0.127 e. The van der Waals surface area contributed by atoms with E-state index < -0.39 is 0 Å². The molecule has 0 saturated heterocycles. The molecule has 2 nitrogen and oxygen atoms in total. The van der Waals surface area contributed by atoms with Crippen LogP contribution in [0.1, 0.15) is 51.5 Å². The highest BCUT2D eigenvalue weighted by molar-refractivity contribution is 5.45. The molecule has 0 spiro atoms. The van der Waals surface area contributed by atoms with Crippen LogP contribution >= 0.6 is 0 Å². The fourth-order valence-electron chi connectivity index (χ4n) is 3.64. The Morgan fingerprint density at radius 2 is 2.17 bits per heavy atom. The molecular formula is C16H22O2. The van der Waals surface area contributed by atoms with Crippen LogP contribution in [0.25, 0.3) is 0 Å². The summed E-state index contributed by atoms with van der Waals surface area (Å²) in [7, 11) is 0. The van der Waals surface area contributed by atoms with Gasteiger partial charge in [0.15, 0.2) is 0 Å². The lowest BCUT2D eigenvalue weighted by molar-refractivity contribution is -0.0473. The number of fused-ring (bicyclic) bond motifs is 4. The Labute approximate surface area is 109 Å². The van der Waals surface area contributed by atoms with Crippen molar-refractivity contribution in [2.45, 2.75) is 51.6 Å². The maximum atomic E-state index is 9.66. The molecule has 2 aliphatic rings. The zero-order chi connectivity index (χ0) is 12.9. The van der Waals surface area contributed by atoms with Crippen molar-refractivity contribution in [3.8, 4) is 11.5 Å². The van der Waals surface area contributed by atoms with Crippen LogP contribution in [0.3, 0.4) is 0 Å². The van der Waals surface area contributed by atoms with Crippen LogP contribution in [0.5, 0.6) is 11.5 Å². The lowest BCUT2D eigenvalue weighted by Gasteiger charge is -2.50.